The number of rotatable bonds is 7. The number of carboxylic acid groups (broad SMARTS) is 2. The van der Waals surface area contributed by atoms with Gasteiger partial charge in [0, 0.05) is 32.4 Å². The number of benzene rings is 2. The van der Waals surface area contributed by atoms with Crippen molar-refractivity contribution in [3.63, 3.8) is 0 Å². The van der Waals surface area contributed by atoms with Crippen molar-refractivity contribution in [2.75, 3.05) is 19.6 Å². The summed E-state index contributed by atoms with van der Waals surface area (Å²) in [5.41, 5.74) is 3.28. The zero-order valence-corrected chi connectivity index (χ0v) is 20.8. The molecule has 0 aliphatic carbocycles. The van der Waals surface area contributed by atoms with Crippen molar-refractivity contribution in [3.05, 3.63) is 120 Å². The smallest absolute Gasteiger partial charge is 0.335 e. The molecule has 2 aliphatic rings. The van der Waals surface area contributed by atoms with E-state index in [1.807, 2.05) is 65.8 Å². The van der Waals surface area contributed by atoms with Crippen LogP contribution in [-0.2, 0) is 22.6 Å². The fourth-order valence-corrected chi connectivity index (χ4v) is 3.44. The van der Waals surface area contributed by atoms with Gasteiger partial charge in [0.25, 0.3) is 0 Å². The van der Waals surface area contributed by atoms with Gasteiger partial charge in [-0.1, -0.05) is 66.7 Å². The maximum absolute atomic E-state index is 10.8. The number of halogens is 2. The molecule has 0 bridgehead atoms. The van der Waals surface area contributed by atoms with Gasteiger partial charge in [-0.25, -0.2) is 9.59 Å². The topological polar surface area (TPSA) is 81.1 Å². The van der Waals surface area contributed by atoms with Gasteiger partial charge in [-0.05, 0) is 42.0 Å². The Hall–Kier alpha value is -3.48. The molecule has 0 spiro atoms. The lowest BCUT2D eigenvalue weighted by Gasteiger charge is -2.23. The van der Waals surface area contributed by atoms with E-state index in [4.69, 9.17) is 10.2 Å². The van der Waals surface area contributed by atoms with Crippen LogP contribution in [0.2, 0.25) is 0 Å². The maximum Gasteiger partial charge on any atom is 0.335 e. The average molecular weight is 517 g/mol. The summed E-state index contributed by atoms with van der Waals surface area (Å²) in [6, 6.07) is 20.3. The first-order valence-electron chi connectivity index (χ1n) is 10.8. The Kier molecular flexibility index (Phi) is 13.0. The first-order valence-corrected chi connectivity index (χ1v) is 10.8. The van der Waals surface area contributed by atoms with Crippen LogP contribution < -0.4 is 0 Å². The Labute approximate surface area is 218 Å². The van der Waals surface area contributed by atoms with Gasteiger partial charge in [-0.2, -0.15) is 0 Å². The van der Waals surface area contributed by atoms with Crippen LogP contribution in [0.15, 0.2) is 109 Å². The van der Waals surface area contributed by atoms with E-state index in [0.29, 0.717) is 24.2 Å². The van der Waals surface area contributed by atoms with E-state index in [1.54, 1.807) is 24.3 Å². The van der Waals surface area contributed by atoms with Crippen LogP contribution in [0.5, 0.6) is 0 Å². The lowest BCUT2D eigenvalue weighted by Crippen LogP contribution is -2.24. The molecule has 0 saturated heterocycles. The van der Waals surface area contributed by atoms with E-state index in [2.05, 4.69) is 17.0 Å². The van der Waals surface area contributed by atoms with E-state index in [0.717, 1.165) is 19.5 Å². The second-order valence-electron chi connectivity index (χ2n) is 7.74. The minimum Gasteiger partial charge on any atom is -0.478 e. The number of hydrogen-bond acceptors (Lipinski definition) is 4. The van der Waals surface area contributed by atoms with Gasteiger partial charge in [0.2, 0.25) is 0 Å². The monoisotopic (exact) mass is 516 g/mol. The molecule has 35 heavy (non-hydrogen) atoms. The third-order valence-electron chi connectivity index (χ3n) is 5.26. The van der Waals surface area contributed by atoms with E-state index in [-0.39, 0.29) is 24.8 Å². The summed E-state index contributed by atoms with van der Waals surface area (Å²) in [6.45, 7) is 2.78. The summed E-state index contributed by atoms with van der Waals surface area (Å²) in [7, 11) is 0. The van der Waals surface area contributed by atoms with Crippen molar-refractivity contribution in [1.82, 2.24) is 9.80 Å². The number of aliphatic carboxylic acids is 2. The highest BCUT2D eigenvalue weighted by Gasteiger charge is 2.13. The molecule has 0 fully saturated rings. The fourth-order valence-electron chi connectivity index (χ4n) is 3.44. The third kappa shape index (κ3) is 10.1. The van der Waals surface area contributed by atoms with Crippen molar-refractivity contribution in [1.29, 1.82) is 0 Å². The Morgan fingerprint density at radius 3 is 1.97 bits per heavy atom. The number of carboxylic acids is 2. The number of allylic oxidation sites excluding steroid dienone is 2. The molecule has 2 heterocycles. The summed E-state index contributed by atoms with van der Waals surface area (Å²) in [6.07, 6.45) is 11.6. The van der Waals surface area contributed by atoms with Crippen molar-refractivity contribution < 1.29 is 19.8 Å². The molecule has 0 radical (unpaired) electrons. The van der Waals surface area contributed by atoms with Crippen molar-refractivity contribution >= 4 is 36.8 Å². The zero-order valence-electron chi connectivity index (χ0n) is 19.2. The van der Waals surface area contributed by atoms with Crippen LogP contribution in [0.3, 0.4) is 0 Å². The minimum absolute atomic E-state index is 0. The first-order chi connectivity index (χ1) is 16.0. The van der Waals surface area contributed by atoms with Crippen LogP contribution in [0.25, 0.3) is 0 Å². The fraction of sp³-hybridized carbons (Fsp3) is 0.185. The van der Waals surface area contributed by atoms with Gasteiger partial charge in [0.1, 0.15) is 0 Å². The molecule has 0 saturated carbocycles. The second kappa shape index (κ2) is 15.4. The lowest BCUT2D eigenvalue weighted by atomic mass is 10.1. The van der Waals surface area contributed by atoms with Gasteiger partial charge in [-0.15, -0.1) is 24.8 Å². The molecule has 0 aromatic heterocycles. The third-order valence-corrected chi connectivity index (χ3v) is 5.26. The van der Waals surface area contributed by atoms with Gasteiger partial charge in [0.05, 0.1) is 11.1 Å². The minimum atomic E-state index is -0.857. The van der Waals surface area contributed by atoms with Crippen LogP contribution in [0.4, 0.5) is 0 Å². The van der Waals surface area contributed by atoms with E-state index in [9.17, 15) is 9.59 Å². The summed E-state index contributed by atoms with van der Waals surface area (Å²) >= 11 is 0. The molecule has 4 rings (SSSR count). The van der Waals surface area contributed by atoms with E-state index >= 15 is 0 Å². The average Bonchev–Trinajstić information content (AvgIpc) is 2.85. The van der Waals surface area contributed by atoms with Crippen LogP contribution in [0, 0.1) is 0 Å². The highest BCUT2D eigenvalue weighted by Crippen LogP contribution is 2.12. The molecule has 8 heteroatoms. The van der Waals surface area contributed by atoms with Gasteiger partial charge in [0.15, 0.2) is 0 Å². The SMILES string of the molecule is Cl.Cl.O=C(O)C1=CC=CN(Cc2ccccc2)C1.O=C(O)C1=CCN(CCc2ccccc2)C=C1. The van der Waals surface area contributed by atoms with E-state index in [1.165, 1.54) is 11.1 Å². The molecule has 2 aliphatic heterocycles. The van der Waals surface area contributed by atoms with Gasteiger partial charge in [-0.3, -0.25) is 0 Å². The predicted octanol–water partition coefficient (Wildman–Crippen LogP) is 4.94. The predicted molar refractivity (Wildman–Crippen MR) is 143 cm³/mol. The summed E-state index contributed by atoms with van der Waals surface area (Å²) in [4.78, 5) is 25.6. The highest BCUT2D eigenvalue weighted by molar-refractivity contribution is 5.90. The van der Waals surface area contributed by atoms with Crippen LogP contribution in [-0.4, -0.2) is 51.6 Å². The largest absolute Gasteiger partial charge is 0.478 e. The van der Waals surface area contributed by atoms with Crippen LogP contribution >= 0.6 is 24.8 Å². The standard InChI is InChI=1S/C14H15NO2.C13H13NO2.2ClH/c16-14(17)13-7-10-15(11-8-13)9-6-12-4-2-1-3-5-12;15-13(16)12-7-4-8-14(10-12)9-11-5-2-1-3-6-11;;/h1-5,7-8,10H,6,9,11H2,(H,16,17);1-8H,9-10H2,(H,15,16);2*1H. The van der Waals surface area contributed by atoms with Gasteiger partial charge >= 0.3 is 11.9 Å². The Morgan fingerprint density at radius 2 is 1.43 bits per heavy atom. The number of nitrogens with zero attached hydrogens (tertiary/aromatic N) is 2. The molecule has 2 N–H and O–H groups in total. The van der Waals surface area contributed by atoms with Crippen molar-refractivity contribution in [3.8, 4) is 0 Å². The second-order valence-corrected chi connectivity index (χ2v) is 7.74. The molecule has 0 amide bonds. The molecule has 186 valence electrons. The van der Waals surface area contributed by atoms with E-state index < -0.39 is 11.9 Å². The van der Waals surface area contributed by atoms with Crippen LogP contribution in [0.1, 0.15) is 11.1 Å². The molecule has 0 unspecified atom stereocenters. The number of carbonyl (C=O) groups is 2. The zero-order chi connectivity index (χ0) is 23.5. The molecule has 6 nitrogen and oxygen atoms in total. The quantitative estimate of drug-likeness (QED) is 0.542. The summed E-state index contributed by atoms with van der Waals surface area (Å²) in [5, 5.41) is 17.7. The molecule has 0 atom stereocenters. The molecular formula is C27H30Cl2N2O4. The van der Waals surface area contributed by atoms with Gasteiger partial charge < -0.3 is 20.0 Å². The van der Waals surface area contributed by atoms with Crippen molar-refractivity contribution in [2.45, 2.75) is 13.0 Å². The lowest BCUT2D eigenvalue weighted by molar-refractivity contribution is -0.133. The Bertz CT molecular complexity index is 1070. The summed E-state index contributed by atoms with van der Waals surface area (Å²) < 4.78 is 0. The highest BCUT2D eigenvalue weighted by atomic mass is 35.5. The van der Waals surface area contributed by atoms with Crippen molar-refractivity contribution in [2.24, 2.45) is 0 Å². The summed E-state index contributed by atoms with van der Waals surface area (Å²) in [5.74, 6) is -1.70. The Balaban J connectivity index is 0.000000332. The molecule has 2 aromatic carbocycles. The Morgan fingerprint density at radius 1 is 0.800 bits per heavy atom. The normalized spacial score (nSPS) is 13.8. The molecular weight excluding hydrogens is 487 g/mol. The maximum atomic E-state index is 10.8. The number of hydrogen-bond donors (Lipinski definition) is 2. The molecule has 2 aromatic rings. The first kappa shape index (κ1) is 29.6.